The Morgan fingerprint density at radius 2 is 1.90 bits per heavy atom. The van der Waals surface area contributed by atoms with Gasteiger partial charge in [-0.1, -0.05) is 42.5 Å². The van der Waals surface area contributed by atoms with E-state index in [2.05, 4.69) is 27.4 Å². The second-order valence-electron chi connectivity index (χ2n) is 7.26. The van der Waals surface area contributed by atoms with Gasteiger partial charge in [0.25, 0.3) is 5.91 Å². The molecule has 7 heteroatoms. The minimum Gasteiger partial charge on any atom is -0.350 e. The monoisotopic (exact) mass is 422 g/mol. The second kappa shape index (κ2) is 8.77. The van der Waals surface area contributed by atoms with Gasteiger partial charge in [-0.25, -0.2) is 4.39 Å². The van der Waals surface area contributed by atoms with E-state index in [1.807, 2.05) is 32.3 Å². The van der Waals surface area contributed by atoms with Gasteiger partial charge in [0.05, 0.1) is 4.88 Å². The zero-order chi connectivity index (χ0) is 21.1. The molecule has 0 saturated carbocycles. The van der Waals surface area contributed by atoms with Crippen molar-refractivity contribution in [2.24, 2.45) is 7.05 Å². The first-order valence-electron chi connectivity index (χ1n) is 9.75. The SMILES string of the molecule is CN(CCNC(=O)c1cc2c(-c3ccccc3F)nn(C)c2s1)Cc1ccccc1. The fraction of sp³-hybridized carbons (Fsp3) is 0.217. The lowest BCUT2D eigenvalue weighted by molar-refractivity contribution is 0.0953. The van der Waals surface area contributed by atoms with Gasteiger partial charge in [-0.15, -0.1) is 11.3 Å². The molecule has 0 radical (unpaired) electrons. The van der Waals surface area contributed by atoms with Gasteiger partial charge in [0, 0.05) is 37.6 Å². The minimum atomic E-state index is -0.323. The van der Waals surface area contributed by atoms with Crippen LogP contribution in [0.4, 0.5) is 4.39 Å². The molecule has 0 spiro atoms. The second-order valence-corrected chi connectivity index (χ2v) is 8.29. The Morgan fingerprint density at radius 1 is 1.17 bits per heavy atom. The average molecular weight is 423 g/mol. The third-order valence-electron chi connectivity index (χ3n) is 4.94. The molecule has 5 nitrogen and oxygen atoms in total. The first-order chi connectivity index (χ1) is 14.5. The molecule has 0 aliphatic carbocycles. The topological polar surface area (TPSA) is 50.2 Å². The van der Waals surface area contributed by atoms with Gasteiger partial charge < -0.3 is 10.2 Å². The summed E-state index contributed by atoms with van der Waals surface area (Å²) in [6, 6.07) is 18.6. The zero-order valence-electron chi connectivity index (χ0n) is 16.9. The number of halogens is 1. The van der Waals surface area contributed by atoms with Crippen molar-refractivity contribution in [2.75, 3.05) is 20.1 Å². The Hall–Kier alpha value is -3.03. The number of aryl methyl sites for hydroxylation is 1. The van der Waals surface area contributed by atoms with Gasteiger partial charge >= 0.3 is 0 Å². The number of nitrogens with one attached hydrogen (secondary N) is 1. The van der Waals surface area contributed by atoms with Crippen molar-refractivity contribution < 1.29 is 9.18 Å². The number of hydrogen-bond acceptors (Lipinski definition) is 4. The van der Waals surface area contributed by atoms with Crippen LogP contribution in [0.5, 0.6) is 0 Å². The number of amides is 1. The van der Waals surface area contributed by atoms with Crippen LogP contribution in [0.3, 0.4) is 0 Å². The number of nitrogens with zero attached hydrogens (tertiary/aromatic N) is 3. The van der Waals surface area contributed by atoms with Crippen molar-refractivity contribution in [3.05, 3.63) is 76.9 Å². The highest BCUT2D eigenvalue weighted by Crippen LogP contribution is 2.34. The van der Waals surface area contributed by atoms with E-state index < -0.39 is 0 Å². The molecular weight excluding hydrogens is 399 g/mol. The molecule has 0 bridgehead atoms. The molecule has 0 atom stereocenters. The van der Waals surface area contributed by atoms with Crippen molar-refractivity contribution >= 4 is 27.5 Å². The molecule has 154 valence electrons. The maximum atomic E-state index is 14.2. The Balaban J connectivity index is 1.43. The fourth-order valence-corrected chi connectivity index (χ4v) is 4.41. The summed E-state index contributed by atoms with van der Waals surface area (Å²) in [5, 5.41) is 8.23. The number of thiophene rings is 1. The van der Waals surface area contributed by atoms with Gasteiger partial charge in [-0.3, -0.25) is 9.48 Å². The molecule has 30 heavy (non-hydrogen) atoms. The maximum Gasteiger partial charge on any atom is 0.261 e. The maximum absolute atomic E-state index is 14.2. The summed E-state index contributed by atoms with van der Waals surface area (Å²) in [5.74, 6) is -0.444. The molecule has 2 heterocycles. The molecular formula is C23H23FN4OS. The summed E-state index contributed by atoms with van der Waals surface area (Å²) in [7, 11) is 3.84. The van der Waals surface area contributed by atoms with Crippen molar-refractivity contribution in [1.82, 2.24) is 20.0 Å². The summed E-state index contributed by atoms with van der Waals surface area (Å²) < 4.78 is 15.9. The van der Waals surface area contributed by atoms with Gasteiger partial charge in [-0.05, 0) is 30.8 Å². The highest BCUT2D eigenvalue weighted by atomic mass is 32.1. The third kappa shape index (κ3) is 4.27. The highest BCUT2D eigenvalue weighted by molar-refractivity contribution is 7.20. The smallest absolute Gasteiger partial charge is 0.261 e. The Bertz CT molecular complexity index is 1170. The number of fused-ring (bicyclic) bond motifs is 1. The quantitative estimate of drug-likeness (QED) is 0.483. The number of carbonyl (C=O) groups excluding carboxylic acids is 1. The van der Waals surface area contributed by atoms with Crippen LogP contribution in [0.15, 0.2) is 60.7 Å². The number of likely N-dealkylation sites (N-methyl/N-ethyl adjacent to an activating group) is 1. The van der Waals surface area contributed by atoms with E-state index in [0.717, 1.165) is 23.3 Å². The molecule has 0 aliphatic heterocycles. The van der Waals surface area contributed by atoms with E-state index in [1.54, 1.807) is 28.9 Å². The van der Waals surface area contributed by atoms with Gasteiger partial charge in [-0.2, -0.15) is 5.10 Å². The first-order valence-corrected chi connectivity index (χ1v) is 10.6. The van der Waals surface area contributed by atoms with E-state index in [4.69, 9.17) is 0 Å². The minimum absolute atomic E-state index is 0.121. The van der Waals surface area contributed by atoms with Crippen LogP contribution in [0.1, 0.15) is 15.2 Å². The van der Waals surface area contributed by atoms with E-state index in [-0.39, 0.29) is 11.7 Å². The van der Waals surface area contributed by atoms with Crippen LogP contribution in [-0.2, 0) is 13.6 Å². The highest BCUT2D eigenvalue weighted by Gasteiger charge is 2.19. The van der Waals surface area contributed by atoms with Crippen molar-refractivity contribution in [1.29, 1.82) is 0 Å². The molecule has 0 fully saturated rings. The number of benzene rings is 2. The Labute approximate surface area is 178 Å². The lowest BCUT2D eigenvalue weighted by atomic mass is 10.1. The number of aromatic nitrogens is 2. The van der Waals surface area contributed by atoms with Crippen LogP contribution in [0.2, 0.25) is 0 Å². The standard InChI is InChI=1S/C23H23FN4OS/c1-27(15-16-8-4-3-5-9-16)13-12-25-22(29)20-14-18-21(26-28(2)23(18)30-20)17-10-6-7-11-19(17)24/h3-11,14H,12-13,15H2,1-2H3,(H,25,29). The summed E-state index contributed by atoms with van der Waals surface area (Å²) in [4.78, 5) is 16.3. The van der Waals surface area contributed by atoms with Crippen molar-refractivity contribution in [3.63, 3.8) is 0 Å². The lowest BCUT2D eigenvalue weighted by Gasteiger charge is -2.16. The molecule has 2 aromatic heterocycles. The van der Waals surface area contributed by atoms with Crippen LogP contribution in [0, 0.1) is 5.82 Å². The average Bonchev–Trinajstić information content (AvgIpc) is 3.30. The summed E-state index contributed by atoms with van der Waals surface area (Å²) >= 11 is 1.37. The van der Waals surface area contributed by atoms with Crippen molar-refractivity contribution in [2.45, 2.75) is 6.54 Å². The van der Waals surface area contributed by atoms with Gasteiger partial charge in [0.1, 0.15) is 16.3 Å². The zero-order valence-corrected chi connectivity index (χ0v) is 17.7. The first kappa shape index (κ1) is 20.3. The Morgan fingerprint density at radius 3 is 2.67 bits per heavy atom. The molecule has 1 amide bonds. The van der Waals surface area contributed by atoms with Crippen LogP contribution in [-0.4, -0.2) is 40.7 Å². The molecule has 0 aliphatic rings. The molecule has 4 rings (SSSR count). The van der Waals surface area contributed by atoms with E-state index in [1.165, 1.54) is 23.0 Å². The van der Waals surface area contributed by atoms with Gasteiger partial charge in [0.2, 0.25) is 0 Å². The van der Waals surface area contributed by atoms with Crippen LogP contribution in [0.25, 0.3) is 21.5 Å². The number of carbonyl (C=O) groups is 1. The van der Waals surface area contributed by atoms with Crippen LogP contribution < -0.4 is 5.32 Å². The largest absolute Gasteiger partial charge is 0.350 e. The molecule has 0 saturated heterocycles. The van der Waals surface area contributed by atoms with Gasteiger partial charge in [0.15, 0.2) is 0 Å². The van der Waals surface area contributed by atoms with Crippen molar-refractivity contribution in [3.8, 4) is 11.3 Å². The van der Waals surface area contributed by atoms with Crippen LogP contribution >= 0.6 is 11.3 Å². The Kier molecular flexibility index (Phi) is 5.92. The molecule has 1 N–H and O–H groups in total. The number of hydrogen-bond donors (Lipinski definition) is 1. The molecule has 4 aromatic rings. The summed E-state index contributed by atoms with van der Waals surface area (Å²) in [5.41, 5.74) is 2.24. The summed E-state index contributed by atoms with van der Waals surface area (Å²) in [6.45, 7) is 2.12. The van der Waals surface area contributed by atoms with E-state index in [9.17, 15) is 9.18 Å². The lowest BCUT2D eigenvalue weighted by Crippen LogP contribution is -2.32. The molecule has 0 unspecified atom stereocenters. The third-order valence-corrected chi connectivity index (χ3v) is 6.14. The number of rotatable bonds is 7. The fourth-order valence-electron chi connectivity index (χ4n) is 3.43. The normalized spacial score (nSPS) is 11.3. The predicted molar refractivity (Wildman–Crippen MR) is 119 cm³/mol. The van der Waals surface area contributed by atoms with E-state index >= 15 is 0 Å². The predicted octanol–water partition coefficient (Wildman–Crippen LogP) is 4.30. The van der Waals surface area contributed by atoms with E-state index in [0.29, 0.717) is 22.7 Å². The molecule has 2 aromatic carbocycles. The summed E-state index contributed by atoms with van der Waals surface area (Å²) in [6.07, 6.45) is 0.